The van der Waals surface area contributed by atoms with E-state index in [1.165, 1.54) is 17.7 Å². The molecule has 5 rings (SSSR count). The van der Waals surface area contributed by atoms with Crippen LogP contribution in [0.3, 0.4) is 0 Å². The lowest BCUT2D eigenvalue weighted by atomic mass is 9.98. The van der Waals surface area contributed by atoms with Crippen LogP contribution in [0.1, 0.15) is 31.4 Å². The first kappa shape index (κ1) is 28.8. The van der Waals surface area contributed by atoms with Crippen LogP contribution in [-0.4, -0.2) is 57.8 Å². The second-order valence-electron chi connectivity index (χ2n) is 10.3. The summed E-state index contributed by atoms with van der Waals surface area (Å²) in [4.78, 5) is 46.5. The molecule has 1 aliphatic rings. The zero-order chi connectivity index (χ0) is 29.1. The van der Waals surface area contributed by atoms with E-state index >= 15 is 0 Å². The van der Waals surface area contributed by atoms with Crippen LogP contribution in [0, 0.1) is 0 Å². The lowest BCUT2D eigenvalue weighted by molar-refractivity contribution is -0.133. The summed E-state index contributed by atoms with van der Waals surface area (Å²) in [7, 11) is 1.78. The number of para-hydroxylation sites is 1. The number of benzene rings is 3. The van der Waals surface area contributed by atoms with Gasteiger partial charge in [-0.2, -0.15) is 0 Å². The molecule has 3 aromatic carbocycles. The monoisotopic (exact) mass is 591 g/mol. The van der Waals surface area contributed by atoms with Crippen LogP contribution in [-0.2, 0) is 16.1 Å². The summed E-state index contributed by atoms with van der Waals surface area (Å²) in [6.07, 6.45) is 3.45. The Labute approximate surface area is 248 Å². The van der Waals surface area contributed by atoms with Crippen molar-refractivity contribution in [2.24, 2.45) is 0 Å². The fourth-order valence-electron chi connectivity index (χ4n) is 5.32. The van der Waals surface area contributed by atoms with Gasteiger partial charge in [0.25, 0.3) is 5.56 Å². The van der Waals surface area contributed by atoms with Crippen molar-refractivity contribution in [3.63, 3.8) is 0 Å². The lowest BCUT2D eigenvalue weighted by Gasteiger charge is -2.32. The average molecular weight is 593 g/mol. The summed E-state index contributed by atoms with van der Waals surface area (Å²) in [6.45, 7) is 3.97. The van der Waals surface area contributed by atoms with Crippen molar-refractivity contribution >= 4 is 51.7 Å². The van der Waals surface area contributed by atoms with Crippen LogP contribution in [0.2, 0.25) is 10.0 Å². The molecule has 1 saturated heterocycles. The maximum atomic E-state index is 13.7. The molecule has 0 radical (unpaired) electrons. The second kappa shape index (κ2) is 12.4. The third-order valence-electron chi connectivity index (χ3n) is 7.52. The zero-order valence-electron chi connectivity index (χ0n) is 22.9. The van der Waals surface area contributed by atoms with E-state index in [9.17, 15) is 14.4 Å². The Hall–Kier alpha value is -3.72. The van der Waals surface area contributed by atoms with Gasteiger partial charge in [0.15, 0.2) is 0 Å². The number of hydrogen-bond acceptors (Lipinski definition) is 5. The Balaban J connectivity index is 1.44. The first-order valence-corrected chi connectivity index (χ1v) is 14.3. The SMILES string of the molecule is CC(=O)Nc1ccccc1-c1ccc(C(CN2CCCC2)N(C)C(=O)Cn2c(=O)cnc3cc(Cl)c(Cl)cc32)cc1. The fraction of sp³-hybridized carbons (Fsp3) is 0.290. The van der Waals surface area contributed by atoms with Crippen LogP contribution in [0.5, 0.6) is 0 Å². The molecule has 1 atom stereocenters. The molecule has 1 fully saturated rings. The van der Waals surface area contributed by atoms with Gasteiger partial charge in [-0.05, 0) is 55.3 Å². The van der Waals surface area contributed by atoms with Gasteiger partial charge in [0.2, 0.25) is 11.8 Å². The molecule has 0 spiro atoms. The molecule has 8 nitrogen and oxygen atoms in total. The Morgan fingerprint density at radius 1 is 1.02 bits per heavy atom. The minimum absolute atomic E-state index is 0.133. The number of likely N-dealkylation sites (N-methyl/N-ethyl adjacent to an activating group) is 1. The summed E-state index contributed by atoms with van der Waals surface area (Å²) in [5.41, 5.74) is 4.14. The van der Waals surface area contributed by atoms with Gasteiger partial charge in [0, 0.05) is 31.8 Å². The number of anilines is 1. The Morgan fingerprint density at radius 2 is 1.71 bits per heavy atom. The maximum Gasteiger partial charge on any atom is 0.269 e. The zero-order valence-corrected chi connectivity index (χ0v) is 24.5. The number of fused-ring (bicyclic) bond motifs is 1. The number of nitrogens with zero attached hydrogens (tertiary/aromatic N) is 4. The third kappa shape index (κ3) is 6.45. The molecule has 1 N–H and O–H groups in total. The summed E-state index contributed by atoms with van der Waals surface area (Å²) in [5.74, 6) is -0.346. The number of nitrogens with one attached hydrogen (secondary N) is 1. The number of halogens is 2. The highest BCUT2D eigenvalue weighted by molar-refractivity contribution is 6.42. The molecule has 1 unspecified atom stereocenters. The van der Waals surface area contributed by atoms with E-state index < -0.39 is 5.56 Å². The van der Waals surface area contributed by atoms with E-state index in [-0.39, 0.29) is 29.4 Å². The van der Waals surface area contributed by atoms with Gasteiger partial charge in [-0.3, -0.25) is 19.0 Å². The second-order valence-corrected chi connectivity index (χ2v) is 11.1. The van der Waals surface area contributed by atoms with E-state index in [0.717, 1.165) is 48.3 Å². The first-order chi connectivity index (χ1) is 19.7. The largest absolute Gasteiger partial charge is 0.336 e. The number of carbonyl (C=O) groups excluding carboxylic acids is 2. The fourth-order valence-corrected chi connectivity index (χ4v) is 5.64. The first-order valence-electron chi connectivity index (χ1n) is 13.5. The van der Waals surface area contributed by atoms with Crippen LogP contribution in [0.15, 0.2) is 71.7 Å². The van der Waals surface area contributed by atoms with Gasteiger partial charge >= 0.3 is 0 Å². The third-order valence-corrected chi connectivity index (χ3v) is 8.24. The van der Waals surface area contributed by atoms with E-state index in [0.29, 0.717) is 22.6 Å². The van der Waals surface area contributed by atoms with E-state index in [2.05, 4.69) is 15.2 Å². The molecular weight excluding hydrogens is 561 g/mol. The molecule has 1 aliphatic heterocycles. The average Bonchev–Trinajstić information content (AvgIpc) is 3.47. The van der Waals surface area contributed by atoms with Gasteiger partial charge in [-0.15, -0.1) is 0 Å². The molecule has 10 heteroatoms. The number of carbonyl (C=O) groups is 2. The maximum absolute atomic E-state index is 13.7. The van der Waals surface area contributed by atoms with Crippen molar-refractivity contribution < 1.29 is 9.59 Å². The van der Waals surface area contributed by atoms with Crippen molar-refractivity contribution in [2.45, 2.75) is 32.4 Å². The van der Waals surface area contributed by atoms with Crippen molar-refractivity contribution in [3.8, 4) is 11.1 Å². The van der Waals surface area contributed by atoms with Crippen LogP contribution >= 0.6 is 23.2 Å². The quantitative estimate of drug-likeness (QED) is 0.287. The summed E-state index contributed by atoms with van der Waals surface area (Å²) in [6, 6.07) is 18.7. The summed E-state index contributed by atoms with van der Waals surface area (Å²) >= 11 is 12.4. The molecule has 41 heavy (non-hydrogen) atoms. The van der Waals surface area contributed by atoms with Crippen molar-refractivity contribution in [2.75, 3.05) is 32.0 Å². The normalized spacial score (nSPS) is 14.2. The highest BCUT2D eigenvalue weighted by Crippen LogP contribution is 2.31. The smallest absolute Gasteiger partial charge is 0.269 e. The standard InChI is InChI=1S/C31H31Cl2N5O3/c1-20(39)35-26-8-4-3-7-23(26)21-9-11-22(12-10-21)29(18-37-13-5-6-14-37)36(2)31(41)19-38-28-16-25(33)24(32)15-27(28)34-17-30(38)40/h3-4,7-12,15-17,29H,5-6,13-14,18-19H2,1-2H3,(H,35,39). The number of rotatable bonds is 8. The van der Waals surface area contributed by atoms with Gasteiger partial charge < -0.3 is 15.1 Å². The Bertz CT molecular complexity index is 1650. The topological polar surface area (TPSA) is 87.5 Å². The molecular formula is C31H31Cl2N5O3. The minimum Gasteiger partial charge on any atom is -0.336 e. The molecule has 0 bridgehead atoms. The number of aromatic nitrogens is 2. The summed E-state index contributed by atoms with van der Waals surface area (Å²) < 4.78 is 1.39. The predicted octanol–water partition coefficient (Wildman–Crippen LogP) is 5.62. The Kier molecular flexibility index (Phi) is 8.73. The van der Waals surface area contributed by atoms with Gasteiger partial charge in [0.1, 0.15) is 6.54 Å². The number of hydrogen-bond donors (Lipinski definition) is 1. The Morgan fingerprint density at radius 3 is 2.41 bits per heavy atom. The van der Waals surface area contributed by atoms with Crippen LogP contribution < -0.4 is 10.9 Å². The van der Waals surface area contributed by atoms with Crippen molar-refractivity contribution in [1.82, 2.24) is 19.4 Å². The van der Waals surface area contributed by atoms with Gasteiger partial charge in [-0.25, -0.2) is 4.98 Å². The van der Waals surface area contributed by atoms with Gasteiger partial charge in [0.05, 0.1) is 33.3 Å². The minimum atomic E-state index is -0.393. The molecule has 0 aliphatic carbocycles. The molecule has 212 valence electrons. The molecule has 2 heterocycles. The molecule has 2 amide bonds. The van der Waals surface area contributed by atoms with Crippen LogP contribution in [0.25, 0.3) is 22.2 Å². The van der Waals surface area contributed by atoms with E-state index in [4.69, 9.17) is 23.2 Å². The highest BCUT2D eigenvalue weighted by atomic mass is 35.5. The van der Waals surface area contributed by atoms with E-state index in [1.54, 1.807) is 24.1 Å². The molecule has 1 aromatic heterocycles. The molecule has 0 saturated carbocycles. The number of likely N-dealkylation sites (tertiary alicyclic amines) is 1. The van der Waals surface area contributed by atoms with Crippen molar-refractivity contribution in [3.05, 3.63) is 92.8 Å². The van der Waals surface area contributed by atoms with Crippen molar-refractivity contribution in [1.29, 1.82) is 0 Å². The molecule has 4 aromatic rings. The highest BCUT2D eigenvalue weighted by Gasteiger charge is 2.26. The van der Waals surface area contributed by atoms with Gasteiger partial charge in [-0.1, -0.05) is 65.7 Å². The predicted molar refractivity (Wildman–Crippen MR) is 163 cm³/mol. The number of amides is 2. The summed E-state index contributed by atoms with van der Waals surface area (Å²) in [5, 5.41) is 3.50. The van der Waals surface area contributed by atoms with E-state index in [1.807, 2.05) is 48.5 Å². The lowest BCUT2D eigenvalue weighted by Crippen LogP contribution is -2.41. The van der Waals surface area contributed by atoms with Crippen LogP contribution in [0.4, 0.5) is 5.69 Å².